The van der Waals surface area contributed by atoms with Crippen LogP contribution < -0.4 is 5.32 Å². The van der Waals surface area contributed by atoms with Crippen LogP contribution in [0.2, 0.25) is 10.2 Å². The van der Waals surface area contributed by atoms with Gasteiger partial charge in [-0.2, -0.15) is 5.26 Å². The van der Waals surface area contributed by atoms with Gasteiger partial charge in [-0.15, -0.1) is 0 Å². The number of nitrogens with zero attached hydrogens (tertiary/aromatic N) is 3. The first-order valence-electron chi connectivity index (χ1n) is 8.79. The van der Waals surface area contributed by atoms with Gasteiger partial charge in [0.1, 0.15) is 22.9 Å². The third-order valence-electron chi connectivity index (χ3n) is 5.13. The van der Waals surface area contributed by atoms with Gasteiger partial charge in [0.05, 0.1) is 34.1 Å². The van der Waals surface area contributed by atoms with Crippen LogP contribution in [0.1, 0.15) is 33.6 Å². The van der Waals surface area contributed by atoms with Crippen molar-refractivity contribution in [2.75, 3.05) is 0 Å². The Balaban J connectivity index is 1.67. The first-order valence-corrected chi connectivity index (χ1v) is 9.55. The molecular weight excluding hydrogens is 433 g/mol. The van der Waals surface area contributed by atoms with Crippen LogP contribution in [0.4, 0.5) is 8.78 Å². The van der Waals surface area contributed by atoms with E-state index in [1.807, 2.05) is 0 Å². The largest absolute Gasteiger partial charge is 0.348 e. The van der Waals surface area contributed by atoms with Gasteiger partial charge in [-0.3, -0.25) is 9.78 Å². The van der Waals surface area contributed by atoms with Crippen molar-refractivity contribution < 1.29 is 13.6 Å². The number of carbonyl (C=O) groups excluding carboxylic acids is 1. The zero-order valence-corrected chi connectivity index (χ0v) is 16.7. The summed E-state index contributed by atoms with van der Waals surface area (Å²) in [7, 11) is 0. The first-order chi connectivity index (χ1) is 14.3. The lowest BCUT2D eigenvalue weighted by atomic mass is 9.91. The number of aromatic nitrogens is 2. The van der Waals surface area contributed by atoms with E-state index in [2.05, 4.69) is 15.3 Å². The molecule has 0 spiro atoms. The molecule has 1 saturated carbocycles. The van der Waals surface area contributed by atoms with Crippen LogP contribution >= 0.6 is 23.2 Å². The second-order valence-corrected chi connectivity index (χ2v) is 7.66. The normalized spacial score (nSPS) is 19.8. The van der Waals surface area contributed by atoms with E-state index >= 15 is 0 Å². The zero-order chi connectivity index (χ0) is 21.5. The Hall–Kier alpha value is -3.08. The molecule has 1 aliphatic rings. The number of hydrogen-bond donors (Lipinski definition) is 1. The average Bonchev–Trinajstić information content (AvgIpc) is 3.45. The van der Waals surface area contributed by atoms with E-state index in [9.17, 15) is 13.6 Å². The summed E-state index contributed by atoms with van der Waals surface area (Å²) in [4.78, 5) is 21.0. The molecule has 3 aromatic rings. The van der Waals surface area contributed by atoms with Crippen LogP contribution in [-0.2, 0) is 5.41 Å². The monoisotopic (exact) mass is 444 g/mol. The third-order valence-corrected chi connectivity index (χ3v) is 5.63. The number of nitriles is 1. The highest BCUT2D eigenvalue weighted by Gasteiger charge is 2.59. The molecule has 30 heavy (non-hydrogen) atoms. The molecule has 4 rings (SSSR count). The molecule has 0 radical (unpaired) electrons. The van der Waals surface area contributed by atoms with E-state index in [4.69, 9.17) is 28.5 Å². The van der Waals surface area contributed by atoms with Gasteiger partial charge in [0.15, 0.2) is 0 Å². The molecule has 9 heteroatoms. The van der Waals surface area contributed by atoms with Gasteiger partial charge in [-0.05, 0) is 42.3 Å². The predicted octanol–water partition coefficient (Wildman–Crippen LogP) is 4.42. The minimum absolute atomic E-state index is 0.0228. The fraction of sp³-hybridized carbons (Fsp3) is 0.143. The molecule has 1 N–H and O–H groups in total. The molecule has 2 unspecified atom stereocenters. The van der Waals surface area contributed by atoms with Crippen LogP contribution in [0, 0.1) is 23.0 Å². The van der Waals surface area contributed by atoms with Crippen molar-refractivity contribution >= 4 is 29.1 Å². The van der Waals surface area contributed by atoms with E-state index in [1.165, 1.54) is 36.7 Å². The maximum Gasteiger partial charge on any atom is 0.251 e. The molecule has 1 amide bonds. The van der Waals surface area contributed by atoms with Crippen molar-refractivity contribution in [1.82, 2.24) is 15.3 Å². The number of rotatable bonds is 4. The number of hydrogen-bond acceptors (Lipinski definition) is 4. The van der Waals surface area contributed by atoms with Gasteiger partial charge < -0.3 is 5.32 Å². The van der Waals surface area contributed by atoms with Crippen LogP contribution in [0.3, 0.4) is 0 Å². The van der Waals surface area contributed by atoms with Crippen LogP contribution in [0.5, 0.6) is 0 Å². The molecule has 1 fully saturated rings. The van der Waals surface area contributed by atoms with E-state index in [-0.39, 0.29) is 21.3 Å². The molecule has 2 atom stereocenters. The van der Waals surface area contributed by atoms with Crippen molar-refractivity contribution in [3.05, 3.63) is 93.0 Å². The zero-order valence-electron chi connectivity index (χ0n) is 15.2. The number of carbonyl (C=O) groups is 1. The lowest BCUT2D eigenvalue weighted by molar-refractivity contribution is 0.0948. The summed E-state index contributed by atoms with van der Waals surface area (Å²) < 4.78 is 28.0. The molecule has 2 aromatic carbocycles. The minimum Gasteiger partial charge on any atom is -0.348 e. The Morgan fingerprint density at radius 3 is 2.57 bits per heavy atom. The van der Waals surface area contributed by atoms with Gasteiger partial charge in [-0.25, -0.2) is 13.8 Å². The van der Waals surface area contributed by atoms with E-state index in [0.29, 0.717) is 17.7 Å². The lowest BCUT2D eigenvalue weighted by Gasteiger charge is -2.18. The second-order valence-electron chi connectivity index (χ2n) is 6.86. The van der Waals surface area contributed by atoms with Crippen molar-refractivity contribution in [1.29, 1.82) is 5.26 Å². The number of amides is 1. The maximum absolute atomic E-state index is 14.1. The number of nitrogens with one attached hydrogen (secondary N) is 1. The van der Waals surface area contributed by atoms with E-state index in [1.54, 1.807) is 12.1 Å². The Morgan fingerprint density at radius 2 is 1.93 bits per heavy atom. The van der Waals surface area contributed by atoms with Gasteiger partial charge in [-0.1, -0.05) is 29.3 Å². The molecule has 0 saturated heterocycles. The number of halogens is 4. The lowest BCUT2D eigenvalue weighted by Crippen LogP contribution is -2.32. The van der Waals surface area contributed by atoms with E-state index in [0.717, 1.165) is 6.07 Å². The first kappa shape index (κ1) is 20.2. The van der Waals surface area contributed by atoms with Crippen LogP contribution in [0.25, 0.3) is 0 Å². The van der Waals surface area contributed by atoms with Gasteiger partial charge >= 0.3 is 0 Å². The summed E-state index contributed by atoms with van der Waals surface area (Å²) >= 11 is 11.6. The Labute approximate surface area is 180 Å². The highest BCUT2D eigenvalue weighted by atomic mass is 35.5. The molecular formula is C21H12Cl2F2N4O. The van der Waals surface area contributed by atoms with Crippen molar-refractivity contribution in [3.8, 4) is 6.07 Å². The van der Waals surface area contributed by atoms with E-state index < -0.39 is 29.0 Å². The Bertz CT molecular complexity index is 1200. The minimum atomic E-state index is -0.830. The summed E-state index contributed by atoms with van der Waals surface area (Å²) in [6.45, 7) is 0. The molecule has 1 aliphatic carbocycles. The predicted molar refractivity (Wildman–Crippen MR) is 106 cm³/mol. The fourth-order valence-electron chi connectivity index (χ4n) is 3.49. The maximum atomic E-state index is 14.1. The van der Waals surface area contributed by atoms with Gasteiger partial charge in [0.2, 0.25) is 0 Å². The standard InChI is InChI=1S/C21H12Cl2F2N4O/c22-14-4-3-13(6-16(14)25)21(18-9-28-19(23)10-27-18)7-17(21)29-20(30)11-1-2-12(8-26)15(24)5-11/h1-6,9-10,17H,7H2,(H,29,30). The summed E-state index contributed by atoms with van der Waals surface area (Å²) in [6, 6.07) is 9.26. The molecule has 0 aliphatic heterocycles. The molecule has 5 nitrogen and oxygen atoms in total. The summed E-state index contributed by atoms with van der Waals surface area (Å²) in [5.74, 6) is -1.90. The second kappa shape index (κ2) is 7.63. The smallest absolute Gasteiger partial charge is 0.251 e. The molecule has 1 heterocycles. The van der Waals surface area contributed by atoms with Gasteiger partial charge in [0, 0.05) is 11.6 Å². The molecule has 0 bridgehead atoms. The Kier molecular flexibility index (Phi) is 5.14. The van der Waals surface area contributed by atoms with Crippen LogP contribution in [0.15, 0.2) is 48.8 Å². The topological polar surface area (TPSA) is 78.7 Å². The third kappa shape index (κ3) is 3.49. The molecule has 150 valence electrons. The van der Waals surface area contributed by atoms with Crippen molar-refractivity contribution in [3.63, 3.8) is 0 Å². The Morgan fingerprint density at radius 1 is 1.13 bits per heavy atom. The van der Waals surface area contributed by atoms with Crippen molar-refractivity contribution in [2.24, 2.45) is 0 Å². The fourth-order valence-corrected chi connectivity index (χ4v) is 3.71. The van der Waals surface area contributed by atoms with Crippen molar-refractivity contribution in [2.45, 2.75) is 17.9 Å². The number of benzene rings is 2. The highest BCUT2D eigenvalue weighted by Crippen LogP contribution is 2.53. The summed E-state index contributed by atoms with van der Waals surface area (Å²) in [5, 5.41) is 11.8. The summed E-state index contributed by atoms with van der Waals surface area (Å²) in [5.41, 5.74) is 0.156. The molecule has 1 aromatic heterocycles. The SMILES string of the molecule is N#Cc1ccc(C(=O)NC2CC2(c2ccc(Cl)c(F)c2)c2cnc(Cl)cn2)cc1F. The summed E-state index contributed by atoms with van der Waals surface area (Å²) in [6.07, 6.45) is 3.27. The van der Waals surface area contributed by atoms with Crippen LogP contribution in [-0.4, -0.2) is 21.9 Å². The quantitative estimate of drug-likeness (QED) is 0.645. The highest BCUT2D eigenvalue weighted by molar-refractivity contribution is 6.30. The average molecular weight is 445 g/mol. The van der Waals surface area contributed by atoms with Gasteiger partial charge in [0.25, 0.3) is 5.91 Å².